The van der Waals surface area contributed by atoms with Gasteiger partial charge in [-0.2, -0.15) is 0 Å². The first-order chi connectivity index (χ1) is 15.9. The lowest BCUT2D eigenvalue weighted by molar-refractivity contribution is -0.114. The molecule has 0 fully saturated rings. The van der Waals surface area contributed by atoms with Crippen molar-refractivity contribution in [2.24, 2.45) is 7.05 Å². The minimum atomic E-state index is -3.67. The Morgan fingerprint density at radius 1 is 0.970 bits per heavy atom. The van der Waals surface area contributed by atoms with Crippen LogP contribution in [0.2, 0.25) is 0 Å². The van der Waals surface area contributed by atoms with E-state index in [-0.39, 0.29) is 17.2 Å². The summed E-state index contributed by atoms with van der Waals surface area (Å²) < 4.78 is 38.3. The molecule has 4 aromatic rings. The molecule has 0 atom stereocenters. The summed E-state index contributed by atoms with van der Waals surface area (Å²) in [7, 11) is -1.71. The number of nitrogens with one attached hydrogen (secondary N) is 1. The van der Waals surface area contributed by atoms with Gasteiger partial charge in [0.05, 0.1) is 21.6 Å². The molecule has 1 aliphatic rings. The van der Waals surface area contributed by atoms with Crippen LogP contribution in [0.4, 0.5) is 5.69 Å². The van der Waals surface area contributed by atoms with E-state index in [4.69, 9.17) is 9.47 Å². The summed E-state index contributed by atoms with van der Waals surface area (Å²) in [6.45, 7) is 0.554. The number of carbonyl (C=O) groups is 1. The summed E-state index contributed by atoms with van der Waals surface area (Å²) in [5.74, 6) is 0.805. The van der Waals surface area contributed by atoms with Gasteiger partial charge in [-0.3, -0.25) is 4.79 Å². The lowest BCUT2D eigenvalue weighted by atomic mass is 10.2. The zero-order valence-corrected chi connectivity index (χ0v) is 18.6. The molecule has 2 heterocycles. The van der Waals surface area contributed by atoms with Crippen molar-refractivity contribution in [2.45, 2.75) is 18.1 Å². The van der Waals surface area contributed by atoms with Gasteiger partial charge < -0.3 is 19.4 Å². The van der Waals surface area contributed by atoms with Gasteiger partial charge in [-0.05, 0) is 42.0 Å². The number of carbonyl (C=O) groups excluding carboxylic acids is 1. The normalized spacial score (nSPS) is 14.5. The highest BCUT2D eigenvalue weighted by Gasteiger charge is 2.29. The Bertz CT molecular complexity index is 1480. The van der Waals surface area contributed by atoms with E-state index in [0.717, 1.165) is 22.4 Å². The van der Waals surface area contributed by atoms with Crippen LogP contribution in [-0.4, -0.2) is 29.6 Å². The van der Waals surface area contributed by atoms with Crippen LogP contribution in [0.3, 0.4) is 0 Å². The number of hydrogen-bond acceptors (Lipinski definition) is 6. The van der Waals surface area contributed by atoms with Crippen molar-refractivity contribution in [1.82, 2.24) is 9.55 Å². The van der Waals surface area contributed by atoms with Gasteiger partial charge in [0.1, 0.15) is 36.3 Å². The van der Waals surface area contributed by atoms with Crippen LogP contribution in [0.25, 0.3) is 11.0 Å². The number of anilines is 1. The molecule has 0 aliphatic carbocycles. The maximum absolute atomic E-state index is 12.3. The van der Waals surface area contributed by atoms with E-state index in [1.807, 2.05) is 60.1 Å². The Hall–Kier alpha value is -3.85. The molecule has 168 valence electrons. The van der Waals surface area contributed by atoms with Crippen LogP contribution >= 0.6 is 0 Å². The third-order valence-electron chi connectivity index (χ3n) is 5.43. The Labute approximate surface area is 190 Å². The average Bonchev–Trinajstić information content (AvgIpc) is 3.12. The van der Waals surface area contributed by atoms with Crippen molar-refractivity contribution in [3.05, 3.63) is 78.1 Å². The fraction of sp³-hybridized carbons (Fsp3) is 0.167. The smallest absolute Gasteiger partial charge is 0.239 e. The molecule has 0 unspecified atom stereocenters. The molecule has 0 spiro atoms. The third kappa shape index (κ3) is 4.27. The van der Waals surface area contributed by atoms with E-state index in [1.54, 1.807) is 6.07 Å². The van der Waals surface area contributed by atoms with Gasteiger partial charge in [0.25, 0.3) is 0 Å². The Kier molecular flexibility index (Phi) is 5.26. The molecule has 9 heteroatoms. The van der Waals surface area contributed by atoms with Crippen LogP contribution < -0.4 is 14.8 Å². The molecule has 33 heavy (non-hydrogen) atoms. The number of sulfone groups is 1. The Morgan fingerprint density at radius 3 is 2.61 bits per heavy atom. The standard InChI is InChI=1S/C24H21N3O5S/c1-27-21-8-3-2-7-19(21)25-23(27)14-32-17-6-4-5-16(11-17)13-31-18-9-10-20-22(12-18)33(29,30)15-24(28)26-20/h2-12H,13-15H2,1H3,(H,26,28). The second kappa shape index (κ2) is 8.25. The molecule has 8 nitrogen and oxygen atoms in total. The molecule has 1 aromatic heterocycles. The zero-order chi connectivity index (χ0) is 23.0. The van der Waals surface area contributed by atoms with Crippen molar-refractivity contribution in [3.63, 3.8) is 0 Å². The van der Waals surface area contributed by atoms with Gasteiger partial charge in [0.2, 0.25) is 5.91 Å². The predicted molar refractivity (Wildman–Crippen MR) is 123 cm³/mol. The molecular weight excluding hydrogens is 442 g/mol. The zero-order valence-electron chi connectivity index (χ0n) is 17.8. The second-order valence-corrected chi connectivity index (χ2v) is 9.72. The van der Waals surface area contributed by atoms with Gasteiger partial charge in [0.15, 0.2) is 9.84 Å². The molecule has 1 N–H and O–H groups in total. The minimum absolute atomic E-state index is 0.0686. The number of imidazole rings is 1. The first-order valence-electron chi connectivity index (χ1n) is 10.3. The van der Waals surface area contributed by atoms with Gasteiger partial charge >= 0.3 is 0 Å². The Morgan fingerprint density at radius 2 is 1.76 bits per heavy atom. The van der Waals surface area contributed by atoms with Gasteiger partial charge in [-0.15, -0.1) is 0 Å². The van der Waals surface area contributed by atoms with Gasteiger partial charge in [0, 0.05) is 13.1 Å². The summed E-state index contributed by atoms with van der Waals surface area (Å²) >= 11 is 0. The van der Waals surface area contributed by atoms with E-state index >= 15 is 0 Å². The first kappa shape index (κ1) is 21.0. The van der Waals surface area contributed by atoms with Crippen molar-refractivity contribution in [3.8, 4) is 11.5 Å². The second-order valence-electron chi connectivity index (χ2n) is 7.77. The highest BCUT2D eigenvalue weighted by molar-refractivity contribution is 7.92. The SMILES string of the molecule is Cn1c(COc2cccc(COc3ccc4c(c3)S(=O)(=O)CC(=O)N4)c2)nc2ccccc21. The molecule has 0 radical (unpaired) electrons. The summed E-state index contributed by atoms with van der Waals surface area (Å²) in [5, 5.41) is 2.57. The molecular formula is C24H21N3O5S. The van der Waals surface area contributed by atoms with Crippen molar-refractivity contribution in [2.75, 3.05) is 11.1 Å². The molecule has 0 bridgehead atoms. The molecule has 5 rings (SSSR count). The molecule has 3 aromatic carbocycles. The fourth-order valence-corrected chi connectivity index (χ4v) is 5.08. The fourth-order valence-electron chi connectivity index (χ4n) is 3.75. The highest BCUT2D eigenvalue weighted by atomic mass is 32.2. The Balaban J connectivity index is 1.26. The number of amides is 1. The van der Waals surface area contributed by atoms with Crippen LogP contribution in [0, 0.1) is 0 Å². The number of aryl methyl sites for hydroxylation is 1. The lowest BCUT2D eigenvalue weighted by Gasteiger charge is -2.18. The number of fused-ring (bicyclic) bond motifs is 2. The number of para-hydroxylation sites is 2. The average molecular weight is 464 g/mol. The summed E-state index contributed by atoms with van der Waals surface area (Å²) in [6.07, 6.45) is 0. The van der Waals surface area contributed by atoms with E-state index in [2.05, 4.69) is 10.3 Å². The van der Waals surface area contributed by atoms with Crippen LogP contribution in [0.1, 0.15) is 11.4 Å². The van der Waals surface area contributed by atoms with E-state index in [1.165, 1.54) is 12.1 Å². The summed E-state index contributed by atoms with van der Waals surface area (Å²) in [6, 6.07) is 20.0. The number of nitrogens with zero attached hydrogens (tertiary/aromatic N) is 2. The van der Waals surface area contributed by atoms with Gasteiger partial charge in [-0.1, -0.05) is 24.3 Å². The first-order valence-corrected chi connectivity index (χ1v) is 12.0. The molecule has 1 aliphatic heterocycles. The van der Waals surface area contributed by atoms with Crippen molar-refractivity contribution < 1.29 is 22.7 Å². The van der Waals surface area contributed by atoms with Crippen molar-refractivity contribution in [1.29, 1.82) is 0 Å². The van der Waals surface area contributed by atoms with E-state index in [9.17, 15) is 13.2 Å². The lowest BCUT2D eigenvalue weighted by Crippen LogP contribution is -2.29. The predicted octanol–water partition coefficient (Wildman–Crippen LogP) is 3.46. The van der Waals surface area contributed by atoms with Gasteiger partial charge in [-0.25, -0.2) is 13.4 Å². The minimum Gasteiger partial charge on any atom is -0.489 e. The largest absolute Gasteiger partial charge is 0.489 e. The third-order valence-corrected chi connectivity index (χ3v) is 7.09. The van der Waals surface area contributed by atoms with E-state index < -0.39 is 21.5 Å². The van der Waals surface area contributed by atoms with Crippen LogP contribution in [-0.2, 0) is 34.9 Å². The quantitative estimate of drug-likeness (QED) is 0.470. The highest BCUT2D eigenvalue weighted by Crippen LogP contribution is 2.31. The van der Waals surface area contributed by atoms with Crippen LogP contribution in [0.15, 0.2) is 71.6 Å². The number of rotatable bonds is 6. The van der Waals surface area contributed by atoms with Crippen LogP contribution in [0.5, 0.6) is 11.5 Å². The summed E-state index contributed by atoms with van der Waals surface area (Å²) in [5.41, 5.74) is 3.11. The van der Waals surface area contributed by atoms with Crippen molar-refractivity contribution >= 4 is 32.5 Å². The summed E-state index contributed by atoms with van der Waals surface area (Å²) in [4.78, 5) is 16.2. The number of hydrogen-bond donors (Lipinski definition) is 1. The molecule has 1 amide bonds. The number of ether oxygens (including phenoxy) is 2. The van der Waals surface area contributed by atoms with E-state index in [0.29, 0.717) is 18.1 Å². The number of aromatic nitrogens is 2. The maximum atomic E-state index is 12.3. The number of benzene rings is 3. The molecule has 0 saturated heterocycles. The molecule has 0 saturated carbocycles. The maximum Gasteiger partial charge on any atom is 0.239 e. The monoisotopic (exact) mass is 463 g/mol. The topological polar surface area (TPSA) is 99.5 Å².